The highest BCUT2D eigenvalue weighted by molar-refractivity contribution is 7.20. The summed E-state index contributed by atoms with van der Waals surface area (Å²) < 4.78 is 184. The molecular formula is C46H40BF12N. The van der Waals surface area contributed by atoms with Crippen molar-refractivity contribution in [2.45, 2.75) is 67.5 Å². The first-order chi connectivity index (χ1) is 28.3. The van der Waals surface area contributed by atoms with Crippen LogP contribution in [0.3, 0.4) is 0 Å². The number of hydrogen-bond donors (Lipinski definition) is 1. The van der Waals surface area contributed by atoms with Gasteiger partial charge in [0.15, 0.2) is 0 Å². The summed E-state index contributed by atoms with van der Waals surface area (Å²) in [5.41, 5.74) is -6.03. The number of quaternary nitrogens is 1. The van der Waals surface area contributed by atoms with E-state index in [1.807, 2.05) is 0 Å². The van der Waals surface area contributed by atoms with Crippen LogP contribution in [0.1, 0.15) is 58.4 Å². The van der Waals surface area contributed by atoms with E-state index in [4.69, 9.17) is 0 Å². The molecule has 0 spiro atoms. The molecule has 0 saturated carbocycles. The molecule has 316 valence electrons. The molecular weight excluding hydrogens is 805 g/mol. The second-order valence-corrected chi connectivity index (χ2v) is 14.6. The average molecular weight is 846 g/mol. The predicted molar refractivity (Wildman–Crippen MR) is 209 cm³/mol. The van der Waals surface area contributed by atoms with E-state index in [2.05, 4.69) is 67.7 Å². The molecule has 6 aromatic carbocycles. The van der Waals surface area contributed by atoms with Gasteiger partial charge in [0.05, 0.1) is 46.5 Å². The molecule has 0 aliphatic heterocycles. The lowest BCUT2D eigenvalue weighted by atomic mass is 9.12. The van der Waals surface area contributed by atoms with Crippen LogP contribution in [-0.4, -0.2) is 6.15 Å². The van der Waals surface area contributed by atoms with Gasteiger partial charge < -0.3 is 5.32 Å². The summed E-state index contributed by atoms with van der Waals surface area (Å²) in [4.78, 5) is 0. The zero-order valence-corrected chi connectivity index (χ0v) is 33.4. The number of hydrogen-bond acceptors (Lipinski definition) is 0. The quantitative estimate of drug-likeness (QED) is 0.105. The Morgan fingerprint density at radius 2 is 0.600 bits per heavy atom. The lowest BCUT2D eigenvalue weighted by Gasteiger charge is -2.45. The van der Waals surface area contributed by atoms with Crippen LogP contribution in [0.25, 0.3) is 0 Å². The number of rotatable bonds is 10. The van der Waals surface area contributed by atoms with Crippen molar-refractivity contribution in [2.75, 3.05) is 0 Å². The van der Waals surface area contributed by atoms with Crippen molar-refractivity contribution in [3.05, 3.63) is 187 Å². The van der Waals surface area contributed by atoms with Gasteiger partial charge in [-0.3, -0.25) is 0 Å². The van der Waals surface area contributed by atoms with Gasteiger partial charge in [0.1, 0.15) is 42.5 Å². The van der Waals surface area contributed by atoms with Crippen LogP contribution in [0.4, 0.5) is 52.7 Å². The molecule has 0 heterocycles. The number of benzene rings is 6. The fraction of sp³-hybridized carbons (Fsp3) is 0.217. The Balaban J connectivity index is 0.000000299. The second kappa shape index (κ2) is 18.4. The Bertz CT molecular complexity index is 2280. The van der Waals surface area contributed by atoms with Crippen molar-refractivity contribution in [3.63, 3.8) is 0 Å². The highest BCUT2D eigenvalue weighted by Crippen LogP contribution is 2.28. The first kappa shape index (κ1) is 45.6. The van der Waals surface area contributed by atoms with Crippen molar-refractivity contribution in [1.82, 2.24) is 0 Å². The van der Waals surface area contributed by atoms with Crippen LogP contribution in [0.5, 0.6) is 0 Å². The van der Waals surface area contributed by atoms with Crippen LogP contribution in [0, 0.1) is 97.5 Å². The summed E-state index contributed by atoms with van der Waals surface area (Å²) in [7, 11) is 0. The molecule has 6 aromatic rings. The predicted octanol–water partition coefficient (Wildman–Crippen LogP) is 9.04. The van der Waals surface area contributed by atoms with Gasteiger partial charge in [0, 0.05) is 57.6 Å². The van der Waals surface area contributed by atoms with E-state index in [1.54, 1.807) is 0 Å². The standard InChI is InChI=1S/C28H16BF12.C18H23N/c1-9-13(30)5-17(34)21(25(9)38)29(22-18(35)6-14(31)10(2)26(22)39,23-19(36)7-15(32)11(3)27(23)40)24-20(37)8-16(33)12(4)28(24)41;1-3-15-9-5-7-11-17(15)13-19-14-18-12-8-6-10-16(18)4-2/h5-8H,1-4H3;5-12,19H,3-4,13-14H2,1-2H3/q-1;/p+1. The molecule has 0 bridgehead atoms. The van der Waals surface area contributed by atoms with Gasteiger partial charge in [-0.15, -0.1) is 21.9 Å². The van der Waals surface area contributed by atoms with Crippen LogP contribution in [-0.2, 0) is 25.9 Å². The topological polar surface area (TPSA) is 16.6 Å². The minimum absolute atomic E-state index is 0.0746. The SMILES string of the molecule is CCc1ccccc1C[NH2+]Cc1ccccc1CC.Cc1c(F)cc(F)c([B-](c2c(F)cc(F)c(C)c2F)(c2c(F)cc(F)c(C)c2F)c2c(F)cc(F)c(C)c2F)c1F. The Morgan fingerprint density at radius 1 is 0.367 bits per heavy atom. The Morgan fingerprint density at radius 3 is 0.833 bits per heavy atom. The summed E-state index contributed by atoms with van der Waals surface area (Å²) in [6.07, 6.45) is -2.98. The molecule has 2 N–H and O–H groups in total. The average Bonchev–Trinajstić information content (AvgIpc) is 3.20. The summed E-state index contributed by atoms with van der Waals surface area (Å²) in [5.74, 6) is -23.4. The molecule has 0 aliphatic rings. The molecule has 60 heavy (non-hydrogen) atoms. The molecule has 0 fully saturated rings. The molecule has 0 atom stereocenters. The van der Waals surface area contributed by atoms with Crippen LogP contribution < -0.4 is 27.2 Å². The largest absolute Gasteiger partial charge is 0.339 e. The van der Waals surface area contributed by atoms with Crippen molar-refractivity contribution < 1.29 is 58.0 Å². The van der Waals surface area contributed by atoms with Gasteiger partial charge in [0.2, 0.25) is 0 Å². The van der Waals surface area contributed by atoms with E-state index in [0.717, 1.165) is 25.9 Å². The van der Waals surface area contributed by atoms with Gasteiger partial charge in [0.25, 0.3) is 0 Å². The van der Waals surface area contributed by atoms with Crippen molar-refractivity contribution >= 4 is 28.0 Å². The maximum Gasteiger partial charge on any atom is 0.136 e. The maximum atomic E-state index is 16.0. The third kappa shape index (κ3) is 8.18. The highest BCUT2D eigenvalue weighted by atomic mass is 19.2. The van der Waals surface area contributed by atoms with Gasteiger partial charge in [-0.25, -0.2) is 52.7 Å². The number of aryl methyl sites for hydroxylation is 2. The fourth-order valence-corrected chi connectivity index (χ4v) is 7.88. The van der Waals surface area contributed by atoms with E-state index in [-0.39, 0.29) is 24.3 Å². The van der Waals surface area contributed by atoms with Crippen LogP contribution in [0.15, 0.2) is 72.8 Å². The molecule has 0 unspecified atom stereocenters. The van der Waals surface area contributed by atoms with Gasteiger partial charge >= 0.3 is 0 Å². The Hall–Kier alpha value is -5.50. The van der Waals surface area contributed by atoms with Crippen LogP contribution >= 0.6 is 0 Å². The molecule has 14 heteroatoms. The highest BCUT2D eigenvalue weighted by Gasteiger charge is 2.48. The maximum absolute atomic E-state index is 16.0. The molecule has 0 aromatic heterocycles. The number of nitrogens with two attached hydrogens (primary N) is 1. The summed E-state index contributed by atoms with van der Waals surface area (Å²) in [6.45, 7) is 9.27. The van der Waals surface area contributed by atoms with Crippen LogP contribution in [0.2, 0.25) is 0 Å². The molecule has 0 saturated heterocycles. The second-order valence-electron chi connectivity index (χ2n) is 14.6. The zero-order valence-electron chi connectivity index (χ0n) is 33.4. The Labute approximate surface area is 340 Å². The van der Waals surface area contributed by atoms with Crippen molar-refractivity contribution in [2.24, 2.45) is 0 Å². The number of halogens is 12. The van der Waals surface area contributed by atoms with Gasteiger partial charge in [-0.05, 0) is 51.7 Å². The minimum atomic E-state index is -5.22. The molecule has 6 rings (SSSR count). The zero-order chi connectivity index (χ0) is 44.4. The van der Waals surface area contributed by atoms with E-state index in [1.165, 1.54) is 22.3 Å². The summed E-state index contributed by atoms with van der Waals surface area (Å²) in [6, 6.07) is 17.2. The third-order valence-corrected chi connectivity index (χ3v) is 11.2. The monoisotopic (exact) mass is 845 g/mol. The molecule has 0 radical (unpaired) electrons. The molecule has 1 nitrogen and oxygen atoms in total. The summed E-state index contributed by atoms with van der Waals surface area (Å²) >= 11 is 0. The van der Waals surface area contributed by atoms with E-state index >= 15 is 35.1 Å². The lowest BCUT2D eigenvalue weighted by Crippen LogP contribution is -2.81. The first-order valence-corrected chi connectivity index (χ1v) is 19.0. The van der Waals surface area contributed by atoms with Crippen molar-refractivity contribution in [3.8, 4) is 0 Å². The van der Waals surface area contributed by atoms with E-state index in [9.17, 15) is 17.6 Å². The van der Waals surface area contributed by atoms with E-state index < -0.39 is 120 Å². The Kier molecular flexibility index (Phi) is 14.0. The van der Waals surface area contributed by atoms with Gasteiger partial charge in [-0.2, -0.15) is 0 Å². The molecule has 0 aliphatic carbocycles. The van der Waals surface area contributed by atoms with Gasteiger partial charge in [-0.1, -0.05) is 62.4 Å². The van der Waals surface area contributed by atoms with E-state index in [0.29, 0.717) is 27.7 Å². The third-order valence-electron chi connectivity index (χ3n) is 11.2. The smallest absolute Gasteiger partial charge is 0.136 e. The minimum Gasteiger partial charge on any atom is -0.339 e. The van der Waals surface area contributed by atoms with Crippen molar-refractivity contribution in [1.29, 1.82) is 0 Å². The normalized spacial score (nSPS) is 11.5. The first-order valence-electron chi connectivity index (χ1n) is 19.0. The lowest BCUT2D eigenvalue weighted by molar-refractivity contribution is -0.686. The fourth-order valence-electron chi connectivity index (χ4n) is 7.88. The molecule has 0 amide bonds. The summed E-state index contributed by atoms with van der Waals surface area (Å²) in [5, 5.41) is 2.41.